The van der Waals surface area contributed by atoms with Gasteiger partial charge in [-0.25, -0.2) is 4.57 Å². The zero-order chi connectivity index (χ0) is 13.6. The molecular weight excluding hydrogens is 206 g/mol. The summed E-state index contributed by atoms with van der Waals surface area (Å²) in [6, 6.07) is 10.3. The number of fused-ring (bicyclic) bond motifs is 1. The molecule has 86 valence electrons. The monoisotopic (exact) mass is 226 g/mol. The number of nitrogens with zero attached hydrogens (tertiary/aromatic N) is 1. The summed E-state index contributed by atoms with van der Waals surface area (Å²) < 4.78 is 18.3. The summed E-state index contributed by atoms with van der Waals surface area (Å²) in [6.07, 6.45) is 2.34. The number of rotatable bonds is 1. The van der Waals surface area contributed by atoms with E-state index in [2.05, 4.69) is 29.8 Å². The van der Waals surface area contributed by atoms with E-state index >= 15 is 0 Å². The molecule has 0 spiro atoms. The molecule has 0 bridgehead atoms. The molecule has 0 amide bonds. The lowest BCUT2D eigenvalue weighted by Crippen LogP contribution is -2.31. The van der Waals surface area contributed by atoms with Gasteiger partial charge in [-0.2, -0.15) is 0 Å². The van der Waals surface area contributed by atoms with E-state index in [1.54, 1.807) is 0 Å². The number of benzene rings is 1. The van der Waals surface area contributed by atoms with Crippen molar-refractivity contribution in [3.8, 4) is 11.3 Å². The lowest BCUT2D eigenvalue weighted by atomic mass is 10.0. The van der Waals surface area contributed by atoms with Crippen LogP contribution < -0.4 is 4.57 Å². The molecule has 1 aliphatic carbocycles. The lowest BCUT2D eigenvalue weighted by molar-refractivity contribution is -0.660. The van der Waals surface area contributed by atoms with Gasteiger partial charge in [0.2, 0.25) is 5.69 Å². The first-order valence-corrected chi connectivity index (χ1v) is 6.08. The van der Waals surface area contributed by atoms with Crippen LogP contribution in [-0.4, -0.2) is 0 Å². The minimum atomic E-state index is -1.18. The summed E-state index contributed by atoms with van der Waals surface area (Å²) in [5, 5.41) is 0. The average molecular weight is 226 g/mol. The van der Waals surface area contributed by atoms with Gasteiger partial charge in [0.25, 0.3) is 0 Å². The van der Waals surface area contributed by atoms with Crippen molar-refractivity contribution in [2.24, 2.45) is 7.05 Å². The normalized spacial score (nSPS) is 18.5. The molecule has 0 saturated carbocycles. The lowest BCUT2D eigenvalue weighted by Gasteiger charge is -2.06. The summed E-state index contributed by atoms with van der Waals surface area (Å²) >= 11 is 0. The fourth-order valence-corrected chi connectivity index (χ4v) is 2.53. The number of pyridine rings is 1. The number of hydrogen-bond acceptors (Lipinski definition) is 0. The standard InChI is InChI=1S/C16H18N/c1-12-6-3-4-9-15(12)16-10-13-7-5-8-14(13)11-17(16)2/h3-4,6,9-11H,5,7-8H2,1-2H3/q+1/i7D2. The Balaban J connectivity index is 2.22. The van der Waals surface area contributed by atoms with E-state index in [9.17, 15) is 0 Å². The Morgan fingerprint density at radius 3 is 2.88 bits per heavy atom. The van der Waals surface area contributed by atoms with E-state index in [0.29, 0.717) is 6.42 Å². The summed E-state index contributed by atoms with van der Waals surface area (Å²) in [4.78, 5) is 0. The summed E-state index contributed by atoms with van der Waals surface area (Å²) in [5.41, 5.74) is 5.49. The quantitative estimate of drug-likeness (QED) is 0.658. The van der Waals surface area contributed by atoms with Crippen LogP contribution in [0, 0.1) is 6.92 Å². The average Bonchev–Trinajstić information content (AvgIpc) is 2.65. The molecule has 1 nitrogen and oxygen atoms in total. The first kappa shape index (κ1) is 8.46. The zero-order valence-corrected chi connectivity index (χ0v) is 10.3. The van der Waals surface area contributed by atoms with Crippen LogP contribution in [-0.2, 0) is 19.8 Å². The van der Waals surface area contributed by atoms with Gasteiger partial charge < -0.3 is 0 Å². The second-order valence-corrected chi connectivity index (χ2v) is 4.70. The van der Waals surface area contributed by atoms with Crippen molar-refractivity contribution >= 4 is 0 Å². The van der Waals surface area contributed by atoms with Crippen molar-refractivity contribution in [1.82, 2.24) is 0 Å². The maximum atomic E-state index is 8.11. The molecule has 0 N–H and O–H groups in total. The molecule has 1 heterocycles. The van der Waals surface area contributed by atoms with Crippen LogP contribution in [0.1, 0.15) is 25.9 Å². The first-order chi connectivity index (χ1) is 8.99. The molecule has 0 unspecified atom stereocenters. The van der Waals surface area contributed by atoms with Crippen LogP contribution in [0.4, 0.5) is 0 Å². The Morgan fingerprint density at radius 2 is 2.06 bits per heavy atom. The van der Waals surface area contributed by atoms with Gasteiger partial charge in [0, 0.05) is 19.9 Å². The van der Waals surface area contributed by atoms with Crippen molar-refractivity contribution < 1.29 is 7.31 Å². The van der Waals surface area contributed by atoms with Crippen LogP contribution >= 0.6 is 0 Å². The molecule has 17 heavy (non-hydrogen) atoms. The molecule has 3 rings (SSSR count). The second kappa shape index (κ2) is 3.99. The fraction of sp³-hybridized carbons (Fsp3) is 0.312. The summed E-state index contributed by atoms with van der Waals surface area (Å²) in [5.74, 6) is 0. The smallest absolute Gasteiger partial charge is 0.201 e. The fourth-order valence-electron chi connectivity index (χ4n) is 2.53. The molecular formula is C16H18N+. The predicted octanol–water partition coefficient (Wildman–Crippen LogP) is 2.98. The summed E-state index contributed by atoms with van der Waals surface area (Å²) in [6.45, 7) is 2.09. The Morgan fingerprint density at radius 1 is 1.24 bits per heavy atom. The van der Waals surface area contributed by atoms with E-state index in [1.807, 2.05) is 25.2 Å². The largest absolute Gasteiger partial charge is 0.212 e. The molecule has 0 saturated heterocycles. The molecule has 0 atom stereocenters. The highest BCUT2D eigenvalue weighted by Crippen LogP contribution is 2.26. The van der Waals surface area contributed by atoms with Crippen molar-refractivity contribution in [3.05, 3.63) is 53.2 Å². The predicted molar refractivity (Wildman–Crippen MR) is 69.8 cm³/mol. The van der Waals surface area contributed by atoms with Crippen molar-refractivity contribution in [3.63, 3.8) is 0 Å². The van der Waals surface area contributed by atoms with Gasteiger partial charge in [-0.15, -0.1) is 0 Å². The van der Waals surface area contributed by atoms with Gasteiger partial charge in [0.1, 0.15) is 7.05 Å². The maximum Gasteiger partial charge on any atom is 0.212 e. The Kier molecular flexibility index (Phi) is 1.99. The Hall–Kier alpha value is -1.63. The summed E-state index contributed by atoms with van der Waals surface area (Å²) in [7, 11) is 2.04. The first-order valence-electron chi connectivity index (χ1n) is 7.08. The molecule has 0 aliphatic heterocycles. The van der Waals surface area contributed by atoms with E-state index in [-0.39, 0.29) is 0 Å². The molecule has 1 aromatic heterocycles. The second-order valence-electron chi connectivity index (χ2n) is 4.70. The van der Waals surface area contributed by atoms with E-state index in [4.69, 9.17) is 2.74 Å². The minimum Gasteiger partial charge on any atom is -0.201 e. The molecule has 1 aromatic carbocycles. The Bertz CT molecular complexity index is 647. The highest BCUT2D eigenvalue weighted by atomic mass is 14.9. The highest BCUT2D eigenvalue weighted by Gasteiger charge is 2.19. The number of aromatic nitrogens is 1. The maximum absolute atomic E-state index is 8.11. The van der Waals surface area contributed by atoms with Crippen molar-refractivity contribution in [2.75, 3.05) is 0 Å². The third-order valence-corrected chi connectivity index (χ3v) is 3.49. The highest BCUT2D eigenvalue weighted by molar-refractivity contribution is 5.61. The van der Waals surface area contributed by atoms with E-state index in [1.165, 1.54) is 11.1 Å². The van der Waals surface area contributed by atoms with Gasteiger partial charge in [-0.05, 0) is 43.3 Å². The van der Waals surface area contributed by atoms with Gasteiger partial charge in [-0.1, -0.05) is 18.2 Å². The topological polar surface area (TPSA) is 3.88 Å². The van der Waals surface area contributed by atoms with Crippen LogP contribution in [0.3, 0.4) is 0 Å². The van der Waals surface area contributed by atoms with Gasteiger partial charge >= 0.3 is 0 Å². The SMILES string of the molecule is [2H]C1([2H])CCc2c[n+](C)c(-c3ccccc3C)cc21. The van der Waals surface area contributed by atoms with Crippen LogP contribution in [0.5, 0.6) is 0 Å². The van der Waals surface area contributed by atoms with Crippen LogP contribution in [0.2, 0.25) is 0 Å². The molecule has 0 fully saturated rings. The molecule has 1 aliphatic rings. The Labute approximate surface area is 106 Å². The van der Waals surface area contributed by atoms with E-state index < -0.39 is 6.37 Å². The number of aryl methyl sites for hydroxylation is 4. The third-order valence-electron chi connectivity index (χ3n) is 3.49. The van der Waals surface area contributed by atoms with Gasteiger partial charge in [0.15, 0.2) is 6.20 Å². The minimum absolute atomic E-state index is 0.597. The molecule has 2 aromatic rings. The zero-order valence-electron chi connectivity index (χ0n) is 12.3. The van der Waals surface area contributed by atoms with Crippen molar-refractivity contribution in [1.29, 1.82) is 0 Å². The van der Waals surface area contributed by atoms with Crippen molar-refractivity contribution in [2.45, 2.75) is 26.1 Å². The molecule has 0 radical (unpaired) electrons. The molecule has 1 heteroatoms. The third kappa shape index (κ3) is 1.76. The van der Waals surface area contributed by atoms with Crippen LogP contribution in [0.25, 0.3) is 11.3 Å². The van der Waals surface area contributed by atoms with Gasteiger partial charge in [-0.3, -0.25) is 0 Å². The van der Waals surface area contributed by atoms with Gasteiger partial charge in [0.05, 0.1) is 0 Å². The van der Waals surface area contributed by atoms with Crippen LogP contribution in [0.15, 0.2) is 36.5 Å². The number of hydrogen-bond donors (Lipinski definition) is 0. The van der Waals surface area contributed by atoms with E-state index in [0.717, 1.165) is 23.2 Å².